The lowest BCUT2D eigenvalue weighted by Crippen LogP contribution is -2.13. The van der Waals surface area contributed by atoms with Crippen molar-refractivity contribution in [2.24, 2.45) is 0 Å². The molecule has 1 N–H and O–H groups in total. The Balaban J connectivity index is 1.56. The zero-order valence-electron chi connectivity index (χ0n) is 11.7. The normalized spacial score (nSPS) is 13.8. The number of thiazole rings is 1. The first kappa shape index (κ1) is 14.2. The van der Waals surface area contributed by atoms with Crippen molar-refractivity contribution in [1.82, 2.24) is 4.98 Å². The van der Waals surface area contributed by atoms with Gasteiger partial charge in [0.25, 0.3) is 0 Å². The lowest BCUT2D eigenvalue weighted by molar-refractivity contribution is -0.116. The number of hydrogen-bond acceptors (Lipinski definition) is 3. The van der Waals surface area contributed by atoms with Gasteiger partial charge in [-0.05, 0) is 37.8 Å². The van der Waals surface area contributed by atoms with Gasteiger partial charge in [-0.2, -0.15) is 0 Å². The number of amides is 1. The second kappa shape index (κ2) is 6.35. The van der Waals surface area contributed by atoms with Gasteiger partial charge in [-0.15, -0.1) is 11.3 Å². The molecule has 0 fully saturated rings. The molecule has 1 aliphatic carbocycles. The van der Waals surface area contributed by atoms with Crippen molar-refractivity contribution in [3.63, 3.8) is 0 Å². The standard InChI is InChI=1S/C16H17FN2OS/c17-11-5-1-2-6-12(11)18-15(20)9-10-16-19-13-7-3-4-8-14(13)21-16/h1-2,5-6H,3-4,7-10H2,(H,18,20). The molecule has 0 atom stereocenters. The van der Waals surface area contributed by atoms with Gasteiger partial charge in [0.1, 0.15) is 5.82 Å². The molecule has 0 radical (unpaired) electrons. The first-order chi connectivity index (χ1) is 10.2. The van der Waals surface area contributed by atoms with E-state index in [-0.39, 0.29) is 11.6 Å². The predicted molar refractivity (Wildman–Crippen MR) is 82.1 cm³/mol. The van der Waals surface area contributed by atoms with Crippen LogP contribution in [0.5, 0.6) is 0 Å². The number of carbonyl (C=O) groups is 1. The zero-order valence-corrected chi connectivity index (χ0v) is 12.5. The van der Waals surface area contributed by atoms with Crippen LogP contribution in [0.1, 0.15) is 34.8 Å². The number of halogens is 1. The molecule has 3 rings (SSSR count). The van der Waals surface area contributed by atoms with Gasteiger partial charge >= 0.3 is 0 Å². The number of hydrogen-bond donors (Lipinski definition) is 1. The molecule has 1 aliphatic rings. The fourth-order valence-corrected chi connectivity index (χ4v) is 3.66. The highest BCUT2D eigenvalue weighted by Crippen LogP contribution is 2.27. The Bertz CT molecular complexity index is 630. The SMILES string of the molecule is O=C(CCc1nc2c(s1)CCCC2)Nc1ccccc1F. The lowest BCUT2D eigenvalue weighted by atomic mass is 10.0. The topological polar surface area (TPSA) is 42.0 Å². The Morgan fingerprint density at radius 2 is 2.10 bits per heavy atom. The van der Waals surface area contributed by atoms with Crippen LogP contribution in [0.3, 0.4) is 0 Å². The van der Waals surface area contributed by atoms with Gasteiger partial charge in [0.05, 0.1) is 16.4 Å². The molecule has 1 amide bonds. The second-order valence-corrected chi connectivity index (χ2v) is 6.38. The first-order valence-electron chi connectivity index (χ1n) is 7.24. The Hall–Kier alpha value is -1.75. The van der Waals surface area contributed by atoms with E-state index in [1.165, 1.54) is 29.5 Å². The van der Waals surface area contributed by atoms with E-state index in [4.69, 9.17) is 0 Å². The molecular formula is C16H17FN2OS. The minimum atomic E-state index is -0.407. The lowest BCUT2D eigenvalue weighted by Gasteiger charge is -2.06. The number of rotatable bonds is 4. The van der Waals surface area contributed by atoms with Crippen molar-refractivity contribution in [3.05, 3.63) is 45.7 Å². The number of aryl methyl sites for hydroxylation is 3. The van der Waals surface area contributed by atoms with E-state index in [0.717, 1.165) is 17.8 Å². The van der Waals surface area contributed by atoms with Crippen LogP contribution in [0, 0.1) is 5.82 Å². The highest BCUT2D eigenvalue weighted by Gasteiger charge is 2.15. The molecular weight excluding hydrogens is 287 g/mol. The fraction of sp³-hybridized carbons (Fsp3) is 0.375. The average Bonchev–Trinajstić information content (AvgIpc) is 2.90. The van der Waals surface area contributed by atoms with Crippen LogP contribution < -0.4 is 5.32 Å². The van der Waals surface area contributed by atoms with Gasteiger partial charge in [-0.25, -0.2) is 9.37 Å². The van der Waals surface area contributed by atoms with Gasteiger partial charge in [0, 0.05) is 17.7 Å². The second-order valence-electron chi connectivity index (χ2n) is 5.21. The maximum Gasteiger partial charge on any atom is 0.224 e. The number of fused-ring (bicyclic) bond motifs is 1. The van der Waals surface area contributed by atoms with E-state index in [1.807, 2.05) is 0 Å². The highest BCUT2D eigenvalue weighted by atomic mass is 32.1. The van der Waals surface area contributed by atoms with E-state index in [2.05, 4.69) is 10.3 Å². The van der Waals surface area contributed by atoms with E-state index in [0.29, 0.717) is 12.8 Å². The molecule has 5 heteroatoms. The minimum Gasteiger partial charge on any atom is -0.324 e. The summed E-state index contributed by atoms with van der Waals surface area (Å²) in [6.07, 6.45) is 5.59. The van der Waals surface area contributed by atoms with Crippen molar-refractivity contribution in [2.45, 2.75) is 38.5 Å². The van der Waals surface area contributed by atoms with Gasteiger partial charge in [-0.3, -0.25) is 4.79 Å². The number of benzene rings is 1. The molecule has 1 aromatic carbocycles. The quantitative estimate of drug-likeness (QED) is 0.935. The summed E-state index contributed by atoms with van der Waals surface area (Å²) in [5, 5.41) is 3.62. The molecule has 110 valence electrons. The maximum absolute atomic E-state index is 13.4. The maximum atomic E-state index is 13.4. The molecule has 1 aromatic heterocycles. The fourth-order valence-electron chi connectivity index (χ4n) is 2.51. The van der Waals surface area contributed by atoms with Crippen LogP contribution >= 0.6 is 11.3 Å². The van der Waals surface area contributed by atoms with Crippen molar-refractivity contribution in [1.29, 1.82) is 0 Å². The summed E-state index contributed by atoms with van der Waals surface area (Å²) in [6.45, 7) is 0. The van der Waals surface area contributed by atoms with Gasteiger partial charge in [-0.1, -0.05) is 12.1 Å². The van der Waals surface area contributed by atoms with Crippen molar-refractivity contribution in [3.8, 4) is 0 Å². The Morgan fingerprint density at radius 3 is 2.90 bits per heavy atom. The monoisotopic (exact) mass is 304 g/mol. The minimum absolute atomic E-state index is 0.173. The van der Waals surface area contributed by atoms with Crippen LogP contribution in [0.4, 0.5) is 10.1 Å². The molecule has 0 aliphatic heterocycles. The van der Waals surface area contributed by atoms with Crippen LogP contribution in [0.2, 0.25) is 0 Å². The van der Waals surface area contributed by atoms with E-state index < -0.39 is 5.82 Å². The molecule has 2 aromatic rings. The summed E-state index contributed by atoms with van der Waals surface area (Å²) in [4.78, 5) is 17.9. The van der Waals surface area contributed by atoms with Crippen LogP contribution in [-0.2, 0) is 24.1 Å². The number of nitrogens with zero attached hydrogens (tertiary/aromatic N) is 1. The molecule has 3 nitrogen and oxygen atoms in total. The third kappa shape index (κ3) is 3.47. The summed E-state index contributed by atoms with van der Waals surface area (Å²) in [6, 6.07) is 6.21. The summed E-state index contributed by atoms with van der Waals surface area (Å²) < 4.78 is 13.4. The Kier molecular flexibility index (Phi) is 4.29. The molecule has 0 saturated heterocycles. The molecule has 0 spiro atoms. The third-order valence-corrected chi connectivity index (χ3v) is 4.82. The molecule has 0 saturated carbocycles. The summed E-state index contributed by atoms with van der Waals surface area (Å²) >= 11 is 1.72. The van der Waals surface area contributed by atoms with Crippen LogP contribution in [0.25, 0.3) is 0 Å². The average molecular weight is 304 g/mol. The number of nitrogens with one attached hydrogen (secondary N) is 1. The van der Waals surface area contributed by atoms with Gasteiger partial charge in [0.2, 0.25) is 5.91 Å². The van der Waals surface area contributed by atoms with Gasteiger partial charge in [0.15, 0.2) is 0 Å². The Labute approximate surface area is 127 Å². The van der Waals surface area contributed by atoms with Crippen molar-refractivity contribution in [2.75, 3.05) is 5.32 Å². The van der Waals surface area contributed by atoms with Crippen molar-refractivity contribution < 1.29 is 9.18 Å². The Morgan fingerprint density at radius 1 is 1.29 bits per heavy atom. The van der Waals surface area contributed by atoms with Gasteiger partial charge < -0.3 is 5.32 Å². The third-order valence-electron chi connectivity index (χ3n) is 3.60. The summed E-state index contributed by atoms with van der Waals surface area (Å²) in [5.74, 6) is -0.580. The smallest absolute Gasteiger partial charge is 0.224 e. The first-order valence-corrected chi connectivity index (χ1v) is 8.06. The van der Waals surface area contributed by atoms with E-state index >= 15 is 0 Å². The van der Waals surface area contributed by atoms with Crippen LogP contribution in [-0.4, -0.2) is 10.9 Å². The molecule has 21 heavy (non-hydrogen) atoms. The number of anilines is 1. The van der Waals surface area contributed by atoms with Crippen molar-refractivity contribution >= 4 is 22.9 Å². The number of aromatic nitrogens is 1. The molecule has 1 heterocycles. The summed E-state index contributed by atoms with van der Waals surface area (Å²) in [5.41, 5.74) is 1.46. The highest BCUT2D eigenvalue weighted by molar-refractivity contribution is 7.11. The molecule has 0 bridgehead atoms. The number of para-hydroxylation sites is 1. The summed E-state index contributed by atoms with van der Waals surface area (Å²) in [7, 11) is 0. The van der Waals surface area contributed by atoms with E-state index in [1.54, 1.807) is 29.5 Å². The van der Waals surface area contributed by atoms with E-state index in [9.17, 15) is 9.18 Å². The molecule has 0 unspecified atom stereocenters. The predicted octanol–water partition coefficient (Wildman–Crippen LogP) is 3.73. The van der Waals surface area contributed by atoms with Crippen LogP contribution in [0.15, 0.2) is 24.3 Å². The largest absolute Gasteiger partial charge is 0.324 e. The number of carbonyl (C=O) groups excluding carboxylic acids is 1. The zero-order chi connectivity index (χ0) is 14.7.